The molecule has 5 heteroatoms. The molecule has 0 spiro atoms. The molecule has 0 radical (unpaired) electrons. The molecule has 2 fully saturated rings. The lowest BCUT2D eigenvalue weighted by molar-refractivity contribution is -0.121. The zero-order chi connectivity index (χ0) is 17.6. The number of hydrogen-bond acceptors (Lipinski definition) is 2. The lowest BCUT2D eigenvalue weighted by atomic mass is 9.96. The molecule has 1 aliphatic carbocycles. The Morgan fingerprint density at radius 3 is 2.21 bits per heavy atom. The molecule has 3 amide bonds. The van der Waals surface area contributed by atoms with Gasteiger partial charge in [-0.15, -0.1) is 0 Å². The van der Waals surface area contributed by atoms with Crippen molar-refractivity contribution < 1.29 is 9.59 Å². The number of hydrogen-bond donors (Lipinski definition) is 2. The van der Waals surface area contributed by atoms with Crippen molar-refractivity contribution in [3.63, 3.8) is 0 Å². The van der Waals surface area contributed by atoms with Crippen molar-refractivity contribution >= 4 is 11.9 Å². The topological polar surface area (TPSA) is 61.4 Å². The van der Waals surface area contributed by atoms with E-state index in [0.29, 0.717) is 12.3 Å². The number of carbonyl (C=O) groups is 2. The third-order valence-corrected chi connectivity index (χ3v) is 5.23. The second kappa shape index (κ2) is 8.72. The van der Waals surface area contributed by atoms with E-state index in [1.807, 2.05) is 25.7 Å². The first-order chi connectivity index (χ1) is 11.3. The molecule has 2 aliphatic rings. The molecule has 1 heterocycles. The van der Waals surface area contributed by atoms with Gasteiger partial charge in [0.25, 0.3) is 0 Å². The van der Waals surface area contributed by atoms with Crippen LogP contribution in [0.5, 0.6) is 0 Å². The second-order valence-electron chi connectivity index (χ2n) is 8.60. The van der Waals surface area contributed by atoms with E-state index in [4.69, 9.17) is 0 Å². The fourth-order valence-electron chi connectivity index (χ4n) is 3.72. The van der Waals surface area contributed by atoms with Crippen molar-refractivity contribution in [2.24, 2.45) is 11.8 Å². The highest BCUT2D eigenvalue weighted by Crippen LogP contribution is 2.28. The van der Waals surface area contributed by atoms with Crippen molar-refractivity contribution in [1.29, 1.82) is 0 Å². The number of carbonyl (C=O) groups excluding carboxylic acids is 2. The van der Waals surface area contributed by atoms with Gasteiger partial charge in [-0.05, 0) is 51.9 Å². The average molecular weight is 338 g/mol. The highest BCUT2D eigenvalue weighted by atomic mass is 16.2. The van der Waals surface area contributed by atoms with Gasteiger partial charge in [-0.25, -0.2) is 4.79 Å². The zero-order valence-electron chi connectivity index (χ0n) is 15.7. The van der Waals surface area contributed by atoms with Gasteiger partial charge < -0.3 is 15.5 Å². The molecule has 5 nitrogen and oxygen atoms in total. The summed E-state index contributed by atoms with van der Waals surface area (Å²) in [7, 11) is 0. The molecule has 0 aromatic heterocycles. The maximum atomic E-state index is 12.1. The molecular weight excluding hydrogens is 302 g/mol. The van der Waals surface area contributed by atoms with E-state index in [9.17, 15) is 9.59 Å². The Morgan fingerprint density at radius 1 is 1.00 bits per heavy atom. The van der Waals surface area contributed by atoms with E-state index in [1.165, 1.54) is 25.7 Å². The van der Waals surface area contributed by atoms with Crippen molar-refractivity contribution in [2.75, 3.05) is 19.6 Å². The number of nitrogens with zero attached hydrogens (tertiary/aromatic N) is 1. The van der Waals surface area contributed by atoms with Crippen LogP contribution in [0.1, 0.15) is 72.1 Å². The second-order valence-corrected chi connectivity index (χ2v) is 8.60. The predicted molar refractivity (Wildman–Crippen MR) is 96.8 cm³/mol. The Kier molecular flexibility index (Phi) is 6.93. The standard InChI is InChI=1S/C19H35N3O2/c1-19(2,3)21-18(24)22-12-10-16(11-13-22)14-20-17(23)9-8-15-6-4-5-7-15/h15-16H,4-14H2,1-3H3,(H,20,23)(H,21,24). The number of piperidine rings is 1. The number of likely N-dealkylation sites (tertiary alicyclic amines) is 1. The molecule has 1 aliphatic heterocycles. The first-order valence-electron chi connectivity index (χ1n) is 9.67. The third kappa shape index (κ3) is 6.70. The third-order valence-electron chi connectivity index (χ3n) is 5.23. The minimum atomic E-state index is -0.193. The summed E-state index contributed by atoms with van der Waals surface area (Å²) in [6.07, 6.45) is 8.97. The van der Waals surface area contributed by atoms with Gasteiger partial charge in [0.15, 0.2) is 0 Å². The van der Waals surface area contributed by atoms with E-state index >= 15 is 0 Å². The lowest BCUT2D eigenvalue weighted by Gasteiger charge is -2.34. The molecule has 0 unspecified atom stereocenters. The van der Waals surface area contributed by atoms with E-state index in [1.54, 1.807) is 0 Å². The molecule has 0 bridgehead atoms. The Balaban J connectivity index is 1.58. The van der Waals surface area contributed by atoms with Crippen molar-refractivity contribution in [3.8, 4) is 0 Å². The van der Waals surface area contributed by atoms with Crippen molar-refractivity contribution in [1.82, 2.24) is 15.5 Å². The van der Waals surface area contributed by atoms with Gasteiger partial charge >= 0.3 is 6.03 Å². The first-order valence-corrected chi connectivity index (χ1v) is 9.67. The van der Waals surface area contributed by atoms with E-state index in [-0.39, 0.29) is 17.5 Å². The first kappa shape index (κ1) is 19.1. The zero-order valence-corrected chi connectivity index (χ0v) is 15.7. The van der Waals surface area contributed by atoms with Crippen LogP contribution in [0.2, 0.25) is 0 Å². The van der Waals surface area contributed by atoms with Gasteiger partial charge in [0.2, 0.25) is 5.91 Å². The number of amides is 3. The Labute approximate surface area is 146 Å². The number of urea groups is 1. The molecule has 2 rings (SSSR count). The highest BCUT2D eigenvalue weighted by Gasteiger charge is 2.25. The summed E-state index contributed by atoms with van der Waals surface area (Å²) < 4.78 is 0. The van der Waals surface area contributed by atoms with E-state index in [2.05, 4.69) is 10.6 Å². The Morgan fingerprint density at radius 2 is 1.62 bits per heavy atom. The van der Waals surface area contributed by atoms with Crippen LogP contribution >= 0.6 is 0 Å². The molecule has 1 saturated heterocycles. The van der Waals surface area contributed by atoms with E-state index in [0.717, 1.165) is 44.8 Å². The molecule has 0 aromatic rings. The van der Waals surface area contributed by atoms with Crippen LogP contribution in [0.4, 0.5) is 4.79 Å². The fraction of sp³-hybridized carbons (Fsp3) is 0.895. The summed E-state index contributed by atoms with van der Waals surface area (Å²) >= 11 is 0. The largest absolute Gasteiger partial charge is 0.356 e. The van der Waals surface area contributed by atoms with Crippen LogP contribution in [0.25, 0.3) is 0 Å². The molecule has 24 heavy (non-hydrogen) atoms. The monoisotopic (exact) mass is 337 g/mol. The van der Waals surface area contributed by atoms with Crippen molar-refractivity contribution in [2.45, 2.75) is 77.7 Å². The van der Waals surface area contributed by atoms with Gasteiger partial charge in [0, 0.05) is 31.6 Å². The van der Waals surface area contributed by atoms with Crippen LogP contribution < -0.4 is 10.6 Å². The normalized spacial score (nSPS) is 20.2. The number of nitrogens with one attached hydrogen (secondary N) is 2. The summed E-state index contributed by atoms with van der Waals surface area (Å²) in [5, 5.41) is 6.12. The molecule has 0 aromatic carbocycles. The van der Waals surface area contributed by atoms with Gasteiger partial charge in [0.05, 0.1) is 0 Å². The number of rotatable bonds is 5. The SMILES string of the molecule is CC(C)(C)NC(=O)N1CCC(CNC(=O)CCC2CCCC2)CC1. The summed E-state index contributed by atoms with van der Waals surface area (Å²) in [6.45, 7) is 8.32. The van der Waals surface area contributed by atoms with Crippen LogP contribution in [0.15, 0.2) is 0 Å². The summed E-state index contributed by atoms with van der Waals surface area (Å²) in [6, 6.07) is 0.0292. The summed E-state index contributed by atoms with van der Waals surface area (Å²) in [5.41, 5.74) is -0.193. The van der Waals surface area contributed by atoms with Gasteiger partial charge in [-0.2, -0.15) is 0 Å². The quantitative estimate of drug-likeness (QED) is 0.808. The van der Waals surface area contributed by atoms with Crippen LogP contribution in [-0.4, -0.2) is 42.0 Å². The minimum absolute atomic E-state index is 0.0292. The van der Waals surface area contributed by atoms with Crippen molar-refractivity contribution in [3.05, 3.63) is 0 Å². The average Bonchev–Trinajstić information content (AvgIpc) is 3.03. The molecule has 0 atom stereocenters. The molecular formula is C19H35N3O2. The molecule has 138 valence electrons. The van der Waals surface area contributed by atoms with Crippen LogP contribution in [0.3, 0.4) is 0 Å². The lowest BCUT2D eigenvalue weighted by Crippen LogP contribution is -2.51. The van der Waals surface area contributed by atoms with Crippen LogP contribution in [0, 0.1) is 11.8 Å². The van der Waals surface area contributed by atoms with Gasteiger partial charge in [-0.1, -0.05) is 25.7 Å². The fourth-order valence-corrected chi connectivity index (χ4v) is 3.72. The van der Waals surface area contributed by atoms with Gasteiger partial charge in [-0.3, -0.25) is 4.79 Å². The minimum Gasteiger partial charge on any atom is -0.356 e. The Bertz CT molecular complexity index is 417. The molecule has 2 N–H and O–H groups in total. The summed E-state index contributed by atoms with van der Waals surface area (Å²) in [5.74, 6) is 1.48. The van der Waals surface area contributed by atoms with E-state index < -0.39 is 0 Å². The smallest absolute Gasteiger partial charge is 0.317 e. The maximum absolute atomic E-state index is 12.1. The highest BCUT2D eigenvalue weighted by molar-refractivity contribution is 5.76. The molecule has 1 saturated carbocycles. The maximum Gasteiger partial charge on any atom is 0.317 e. The van der Waals surface area contributed by atoms with Crippen LogP contribution in [-0.2, 0) is 4.79 Å². The summed E-state index contributed by atoms with van der Waals surface area (Å²) in [4.78, 5) is 26.0. The predicted octanol–water partition coefficient (Wildman–Crippen LogP) is 3.29. The Hall–Kier alpha value is -1.26. The van der Waals surface area contributed by atoms with Gasteiger partial charge in [0.1, 0.15) is 0 Å².